The molecule has 0 spiro atoms. The van der Waals surface area contributed by atoms with Crippen molar-refractivity contribution in [1.29, 1.82) is 0 Å². The molecule has 4 rings (SSSR count). The maximum Gasteiger partial charge on any atom is 0.311 e. The Bertz CT molecular complexity index is 1320. The van der Waals surface area contributed by atoms with Crippen LogP contribution < -0.4 is 5.56 Å². The molecule has 33 heavy (non-hydrogen) atoms. The second kappa shape index (κ2) is 9.94. The highest BCUT2D eigenvalue weighted by molar-refractivity contribution is 6.30. The zero-order chi connectivity index (χ0) is 23.4. The summed E-state index contributed by atoms with van der Waals surface area (Å²) in [4.78, 5) is 24.5. The minimum atomic E-state index is -1.19. The van der Waals surface area contributed by atoms with Crippen LogP contribution in [0.2, 0.25) is 5.02 Å². The first-order chi connectivity index (χ1) is 15.9. The van der Waals surface area contributed by atoms with Gasteiger partial charge >= 0.3 is 5.97 Å². The second-order valence-corrected chi connectivity index (χ2v) is 8.28. The summed E-state index contributed by atoms with van der Waals surface area (Å²) in [6.07, 6.45) is -0.435. The molecule has 0 saturated carbocycles. The number of rotatable bonds is 8. The molecule has 0 bridgehead atoms. The van der Waals surface area contributed by atoms with Gasteiger partial charge in [0.05, 0.1) is 18.0 Å². The molecule has 1 heterocycles. The van der Waals surface area contributed by atoms with E-state index in [1.165, 1.54) is 0 Å². The molecule has 2 N–H and O–H groups in total. The molecule has 8 heteroatoms. The fourth-order valence-electron chi connectivity index (χ4n) is 3.72. The van der Waals surface area contributed by atoms with Gasteiger partial charge in [0.1, 0.15) is 11.4 Å². The van der Waals surface area contributed by atoms with E-state index in [1.54, 1.807) is 24.3 Å². The van der Waals surface area contributed by atoms with Gasteiger partial charge in [-0.3, -0.25) is 9.59 Å². The fraction of sp³-hybridized carbons (Fsp3) is 0.200. The highest BCUT2D eigenvalue weighted by atomic mass is 35.5. The van der Waals surface area contributed by atoms with Crippen LogP contribution in [0.4, 0.5) is 0 Å². The Balaban J connectivity index is 1.43. The zero-order valence-electron chi connectivity index (χ0n) is 17.6. The summed E-state index contributed by atoms with van der Waals surface area (Å²) in [7, 11) is 0. The number of hydrogen-bond donors (Lipinski definition) is 2. The van der Waals surface area contributed by atoms with Gasteiger partial charge in [-0.1, -0.05) is 65.3 Å². The molecule has 7 nitrogen and oxygen atoms in total. The highest BCUT2D eigenvalue weighted by Crippen LogP contribution is 2.23. The summed E-state index contributed by atoms with van der Waals surface area (Å²) < 4.78 is 1.01. The number of halogens is 1. The summed E-state index contributed by atoms with van der Waals surface area (Å²) in [5.74, 6) is -2.38. The number of aliphatic carboxylic acids is 1. The van der Waals surface area contributed by atoms with Crippen molar-refractivity contribution in [3.8, 4) is 11.1 Å². The molecule has 0 aliphatic heterocycles. The summed E-state index contributed by atoms with van der Waals surface area (Å²) in [6.45, 7) is -0.261. The maximum absolute atomic E-state index is 12.6. The smallest absolute Gasteiger partial charge is 0.311 e. The van der Waals surface area contributed by atoms with E-state index in [2.05, 4.69) is 10.3 Å². The van der Waals surface area contributed by atoms with Gasteiger partial charge in [0.2, 0.25) is 0 Å². The van der Waals surface area contributed by atoms with Crippen molar-refractivity contribution in [2.45, 2.75) is 25.5 Å². The minimum Gasteiger partial charge on any atom is -0.481 e. The molecular weight excluding hydrogens is 442 g/mol. The standard InChI is InChI=1S/C25H22ClN3O4/c26-19-12-10-18(11-13-19)17-8-5-16(6-9-17)7-14-23(30)21(25(32)33)15-29-24(31)20-3-1-2-4-22(20)27-28-29/h1-6,8-13,21,23,30H,7,14-15H2,(H,32,33)/t21-,23+/m0/s1. The Hall–Kier alpha value is -3.55. The second-order valence-electron chi connectivity index (χ2n) is 7.85. The number of aliphatic hydroxyl groups excluding tert-OH is 1. The fourth-order valence-corrected chi connectivity index (χ4v) is 3.84. The molecule has 0 aliphatic rings. The van der Waals surface area contributed by atoms with Gasteiger partial charge in [0.15, 0.2) is 0 Å². The lowest BCUT2D eigenvalue weighted by atomic mass is 9.95. The van der Waals surface area contributed by atoms with Crippen LogP contribution in [0.15, 0.2) is 77.6 Å². The molecular formula is C25H22ClN3O4. The van der Waals surface area contributed by atoms with Crippen LogP contribution in [0, 0.1) is 5.92 Å². The van der Waals surface area contributed by atoms with Crippen LogP contribution in [0.5, 0.6) is 0 Å². The van der Waals surface area contributed by atoms with Crippen molar-refractivity contribution >= 4 is 28.5 Å². The topological polar surface area (TPSA) is 105 Å². The first-order valence-corrected chi connectivity index (χ1v) is 10.9. The van der Waals surface area contributed by atoms with E-state index in [0.717, 1.165) is 21.4 Å². The van der Waals surface area contributed by atoms with E-state index in [9.17, 15) is 19.8 Å². The number of benzene rings is 3. The summed E-state index contributed by atoms with van der Waals surface area (Å²) in [5, 5.41) is 29.1. The van der Waals surface area contributed by atoms with E-state index in [1.807, 2.05) is 48.5 Å². The van der Waals surface area contributed by atoms with Gasteiger partial charge in [-0.15, -0.1) is 5.10 Å². The van der Waals surface area contributed by atoms with Crippen molar-refractivity contribution in [2.75, 3.05) is 0 Å². The van der Waals surface area contributed by atoms with E-state index in [0.29, 0.717) is 22.3 Å². The molecule has 4 aromatic rings. The normalized spacial score (nSPS) is 13.0. The van der Waals surface area contributed by atoms with Crippen molar-refractivity contribution < 1.29 is 15.0 Å². The molecule has 0 radical (unpaired) electrons. The van der Waals surface area contributed by atoms with Gasteiger partial charge < -0.3 is 10.2 Å². The van der Waals surface area contributed by atoms with Crippen LogP contribution in [0.1, 0.15) is 12.0 Å². The number of fused-ring (bicyclic) bond motifs is 1. The molecule has 2 atom stereocenters. The van der Waals surface area contributed by atoms with Crippen molar-refractivity contribution in [3.05, 3.63) is 93.7 Å². The molecule has 1 aromatic heterocycles. The Kier molecular flexibility index (Phi) is 6.82. The minimum absolute atomic E-state index is 0.229. The molecule has 0 aliphatic carbocycles. The molecule has 3 aromatic carbocycles. The van der Waals surface area contributed by atoms with Crippen LogP contribution in [-0.4, -0.2) is 37.3 Å². The van der Waals surface area contributed by atoms with E-state index < -0.39 is 23.6 Å². The highest BCUT2D eigenvalue weighted by Gasteiger charge is 2.28. The molecule has 0 amide bonds. The number of nitrogens with zero attached hydrogens (tertiary/aromatic N) is 3. The van der Waals surface area contributed by atoms with Crippen molar-refractivity contribution in [1.82, 2.24) is 15.0 Å². The molecule has 0 unspecified atom stereocenters. The van der Waals surface area contributed by atoms with Crippen LogP contribution >= 0.6 is 11.6 Å². The van der Waals surface area contributed by atoms with Crippen molar-refractivity contribution in [3.63, 3.8) is 0 Å². The number of carboxylic acid groups (broad SMARTS) is 1. The Morgan fingerprint density at radius 3 is 2.27 bits per heavy atom. The zero-order valence-corrected chi connectivity index (χ0v) is 18.4. The first-order valence-electron chi connectivity index (χ1n) is 10.5. The Morgan fingerprint density at radius 1 is 0.970 bits per heavy atom. The van der Waals surface area contributed by atoms with Gasteiger partial charge in [-0.2, -0.15) is 0 Å². The summed E-state index contributed by atoms with van der Waals surface area (Å²) >= 11 is 5.94. The molecule has 168 valence electrons. The maximum atomic E-state index is 12.6. The third-order valence-electron chi connectivity index (χ3n) is 5.64. The van der Waals surface area contributed by atoms with E-state index in [4.69, 9.17) is 11.6 Å². The van der Waals surface area contributed by atoms with Crippen molar-refractivity contribution in [2.24, 2.45) is 5.92 Å². The third-order valence-corrected chi connectivity index (χ3v) is 5.89. The van der Waals surface area contributed by atoms with E-state index in [-0.39, 0.29) is 13.0 Å². The van der Waals surface area contributed by atoms with Gasteiger partial charge in [-0.25, -0.2) is 4.68 Å². The number of aryl methyl sites for hydroxylation is 1. The predicted octanol–water partition coefficient (Wildman–Crippen LogP) is 3.81. The Morgan fingerprint density at radius 2 is 1.61 bits per heavy atom. The van der Waals surface area contributed by atoms with Crippen LogP contribution in [0.3, 0.4) is 0 Å². The van der Waals surface area contributed by atoms with Crippen LogP contribution in [0.25, 0.3) is 22.0 Å². The lowest BCUT2D eigenvalue weighted by Crippen LogP contribution is -2.37. The van der Waals surface area contributed by atoms with Crippen LogP contribution in [-0.2, 0) is 17.8 Å². The number of aliphatic hydroxyl groups is 1. The first kappa shape index (κ1) is 22.6. The predicted molar refractivity (Wildman–Crippen MR) is 126 cm³/mol. The number of carbonyl (C=O) groups is 1. The molecule has 0 saturated heterocycles. The summed E-state index contributed by atoms with van der Waals surface area (Å²) in [6, 6.07) is 22.1. The molecule has 0 fully saturated rings. The largest absolute Gasteiger partial charge is 0.481 e. The van der Waals surface area contributed by atoms with Gasteiger partial charge in [0.25, 0.3) is 5.56 Å². The monoisotopic (exact) mass is 463 g/mol. The van der Waals surface area contributed by atoms with Gasteiger partial charge in [-0.05, 0) is 53.8 Å². The van der Waals surface area contributed by atoms with E-state index >= 15 is 0 Å². The summed E-state index contributed by atoms with van der Waals surface area (Å²) in [5.41, 5.74) is 3.05. The Labute approximate surface area is 194 Å². The SMILES string of the molecule is O=C(O)[C@@H](Cn1nnc2ccccc2c1=O)[C@H](O)CCc1ccc(-c2ccc(Cl)cc2)cc1. The number of aromatic nitrogens is 3. The average molecular weight is 464 g/mol. The third kappa shape index (κ3) is 5.27. The number of hydrogen-bond acceptors (Lipinski definition) is 5. The van der Waals surface area contributed by atoms with Gasteiger partial charge in [0, 0.05) is 5.02 Å². The average Bonchev–Trinajstić information content (AvgIpc) is 2.83. The number of carboxylic acids is 1. The lowest BCUT2D eigenvalue weighted by Gasteiger charge is -2.19. The quantitative estimate of drug-likeness (QED) is 0.411. The lowest BCUT2D eigenvalue weighted by molar-refractivity contribution is -0.146.